The number of hydrogen-bond acceptors (Lipinski definition) is 47. The molecule has 10 aliphatic heterocycles. The van der Waals surface area contributed by atoms with E-state index in [1.54, 1.807) is 0 Å². The third-order valence-electron chi connectivity index (χ3n) is 21.9. The molecule has 0 bridgehead atoms. The van der Waals surface area contributed by atoms with Gasteiger partial charge in [0.2, 0.25) is 17.7 Å². The Hall–Kier alpha value is -3.35. The predicted octanol–water partition coefficient (Wildman–Crippen LogP) is -18.3. The first-order valence-electron chi connectivity index (χ1n) is 37.6. The van der Waals surface area contributed by atoms with Crippen molar-refractivity contribution < 1.29 is 232 Å². The van der Waals surface area contributed by atoms with Gasteiger partial charge in [-0.05, 0) is 27.7 Å². The van der Waals surface area contributed by atoms with Gasteiger partial charge >= 0.3 is 0 Å². The largest absolute Gasteiger partial charge is 0.394 e. The van der Waals surface area contributed by atoms with E-state index in [-0.39, 0.29) is 0 Å². The molecule has 0 aromatic heterocycles. The molecule has 0 radical (unpaired) electrons. The zero-order chi connectivity index (χ0) is 85.4. The summed E-state index contributed by atoms with van der Waals surface area (Å²) in [5.74, 6) is -2.84. The summed E-state index contributed by atoms with van der Waals surface area (Å²) in [7, 11) is 0. The molecule has 0 aliphatic carbocycles. The van der Waals surface area contributed by atoms with Gasteiger partial charge in [-0.2, -0.15) is 0 Å². The fourth-order valence-corrected chi connectivity index (χ4v) is 15.3. The normalized spacial score (nSPS) is 51.7. The Morgan fingerprint density at radius 1 is 0.241 bits per heavy atom. The zero-order valence-electron chi connectivity index (χ0n) is 63.3. The molecule has 116 heavy (non-hydrogen) atoms. The first kappa shape index (κ1) is 94.9. The van der Waals surface area contributed by atoms with Crippen molar-refractivity contribution in [2.75, 3.05) is 39.6 Å². The first-order valence-corrected chi connectivity index (χ1v) is 37.6. The van der Waals surface area contributed by atoms with Crippen molar-refractivity contribution >= 4 is 17.7 Å². The molecule has 10 saturated heterocycles. The molecule has 0 aromatic carbocycles. The van der Waals surface area contributed by atoms with E-state index >= 15 is 0 Å². The van der Waals surface area contributed by atoms with Crippen LogP contribution in [-0.2, 0) is 104 Å². The smallest absolute Gasteiger partial charge is 0.217 e. The van der Waals surface area contributed by atoms with Gasteiger partial charge in [0.15, 0.2) is 62.9 Å². The molecule has 3 amide bonds. The quantitative estimate of drug-likeness (QED) is 0.0363. The predicted molar refractivity (Wildman–Crippen MR) is 359 cm³/mol. The van der Waals surface area contributed by atoms with Crippen LogP contribution in [0.1, 0.15) is 48.5 Å². The average Bonchev–Trinajstić information content (AvgIpc) is 0.757. The highest BCUT2D eigenvalue weighted by Gasteiger charge is 2.62. The van der Waals surface area contributed by atoms with E-state index in [0.717, 1.165) is 20.8 Å². The highest BCUT2D eigenvalue weighted by atomic mass is 16.8. The molecule has 0 spiro atoms. The van der Waals surface area contributed by atoms with Crippen LogP contribution >= 0.6 is 0 Å². The fourth-order valence-electron chi connectivity index (χ4n) is 15.3. The van der Waals surface area contributed by atoms with Gasteiger partial charge in [0.05, 0.1) is 64.1 Å². The van der Waals surface area contributed by atoms with E-state index in [0.29, 0.717) is 0 Å². The summed E-state index contributed by atoms with van der Waals surface area (Å²) in [6.07, 6.45) is -93.9. The maximum Gasteiger partial charge on any atom is 0.217 e. The van der Waals surface area contributed by atoms with Crippen molar-refractivity contribution in [2.45, 2.75) is 355 Å². The van der Waals surface area contributed by atoms with Crippen LogP contribution in [0.15, 0.2) is 0 Å². The van der Waals surface area contributed by atoms with Gasteiger partial charge in [0.1, 0.15) is 220 Å². The summed E-state index contributed by atoms with van der Waals surface area (Å²) >= 11 is 0. The molecule has 28 N–H and O–H groups in total. The van der Waals surface area contributed by atoms with Crippen LogP contribution in [0.2, 0.25) is 0 Å². The number of hydrogen-bond donors (Lipinski definition) is 28. The van der Waals surface area contributed by atoms with Gasteiger partial charge in [0.25, 0.3) is 0 Å². The lowest BCUT2D eigenvalue weighted by atomic mass is 9.93. The molecule has 0 saturated carbocycles. The summed E-state index contributed by atoms with van der Waals surface area (Å²) in [6.45, 7) is 1.11. The summed E-state index contributed by atoms with van der Waals surface area (Å²) in [4.78, 5) is 39.6. The Morgan fingerprint density at radius 2 is 0.543 bits per heavy atom. The molecular weight excluding hydrogens is 1590 g/mol. The lowest BCUT2D eigenvalue weighted by molar-refractivity contribution is -0.410. The lowest BCUT2D eigenvalue weighted by Crippen LogP contribution is -2.72. The highest BCUT2D eigenvalue weighted by molar-refractivity contribution is 5.74. The van der Waals surface area contributed by atoms with Gasteiger partial charge < -0.3 is 234 Å². The van der Waals surface area contributed by atoms with Crippen LogP contribution in [-0.4, -0.2) is 492 Å². The molecule has 50 heteroatoms. The topological polar surface area (TPSA) is 768 Å². The number of amides is 3. The molecule has 10 rings (SSSR count). The van der Waals surface area contributed by atoms with Gasteiger partial charge in [0, 0.05) is 20.8 Å². The van der Waals surface area contributed by atoms with Crippen molar-refractivity contribution in [2.24, 2.45) is 0 Å². The average molecular weight is 1700 g/mol. The van der Waals surface area contributed by atoms with E-state index in [4.69, 9.17) is 90.0 Å². The molecule has 10 heterocycles. The molecule has 10 aliphatic rings. The Balaban J connectivity index is 0.966. The molecular formula is C66H111N3O47. The second kappa shape index (κ2) is 40.5. The summed E-state index contributed by atoms with van der Waals surface area (Å²) in [5, 5.41) is 287. The van der Waals surface area contributed by atoms with Gasteiger partial charge in [-0.1, -0.05) is 0 Å². The van der Waals surface area contributed by atoms with Crippen LogP contribution in [0.3, 0.4) is 0 Å². The lowest BCUT2D eigenvalue weighted by Gasteiger charge is -2.53. The van der Waals surface area contributed by atoms with Crippen molar-refractivity contribution in [3.8, 4) is 0 Å². The Labute approximate surface area is 659 Å². The highest BCUT2D eigenvalue weighted by Crippen LogP contribution is 2.42. The van der Waals surface area contributed by atoms with Crippen LogP contribution in [0.4, 0.5) is 0 Å². The third-order valence-corrected chi connectivity index (χ3v) is 21.9. The number of aliphatic hydroxyl groups is 25. The van der Waals surface area contributed by atoms with Crippen LogP contribution < -0.4 is 16.0 Å². The molecule has 0 aromatic rings. The maximum absolute atomic E-state index is 13.7. The summed E-state index contributed by atoms with van der Waals surface area (Å²) in [6, 6.07) is -5.80. The number of carbonyl (C=O) groups is 3. The van der Waals surface area contributed by atoms with Gasteiger partial charge in [-0.3, -0.25) is 14.4 Å². The number of nitrogens with one attached hydrogen (secondary N) is 3. The molecule has 10 fully saturated rings. The second-order valence-corrected chi connectivity index (χ2v) is 30.2. The Bertz CT molecular complexity index is 3100. The summed E-state index contributed by atoms with van der Waals surface area (Å²) < 4.78 is 115. The zero-order valence-corrected chi connectivity index (χ0v) is 63.3. The number of aliphatic hydroxyl groups excluding tert-OH is 25. The van der Waals surface area contributed by atoms with Crippen molar-refractivity contribution in [1.82, 2.24) is 16.0 Å². The minimum absolute atomic E-state index is 0.868. The molecule has 672 valence electrons. The van der Waals surface area contributed by atoms with Crippen LogP contribution in [0.5, 0.6) is 0 Å². The molecule has 50 atom stereocenters. The van der Waals surface area contributed by atoms with E-state index in [1.165, 1.54) is 27.7 Å². The second-order valence-electron chi connectivity index (χ2n) is 30.2. The minimum atomic E-state index is -2.36. The number of carbonyl (C=O) groups excluding carboxylic acids is 3. The maximum atomic E-state index is 13.7. The van der Waals surface area contributed by atoms with Crippen LogP contribution in [0, 0.1) is 0 Å². The SMILES string of the molecule is CC(=O)N[C@H]1[C@H](OC[C@H]2OC(O)[C@H](NC(C)=O)[C@@H](O[C@@H]3O[C@H](CO)[C@H](O)[C@H](O)[C@H]3O[C@@H]3O[C@@H](C)[C@@H](O)[C@@H](O)[C@@H]3O)[C@H]2O)O[C@H](CO)[C@@H](O[C@@H]2O[C@H](CO)[C@H](O)[C@H](O[C@@H]3O[C@H](CO)[C@@H](O[C@@H]4O[C@H](CO)[C@H](O)[C@H](O)[C@H]4O[C@@H]4O[C@@H](C)[C@@H](O)[C@@H](O)[C@@H]4O)[C@H](O[C@@H]4O[C@@H](C)[C@@H](O)[C@@H](O)[C@@H]4O)[C@H]3NC(C)=O)[C@H]2O[C@@H]2O[C@@H](C)[C@@H](O)[C@@H](O)[C@@H]2O)[C@@H]1O. The number of rotatable bonds is 27. The molecule has 50 nitrogen and oxygen atoms in total. The Kier molecular flexibility index (Phi) is 33.2. The van der Waals surface area contributed by atoms with Crippen molar-refractivity contribution in [1.29, 1.82) is 0 Å². The summed E-state index contributed by atoms with van der Waals surface area (Å²) in [5.41, 5.74) is 0. The first-order chi connectivity index (χ1) is 54.7. The van der Waals surface area contributed by atoms with Gasteiger partial charge in [-0.25, -0.2) is 0 Å². The minimum Gasteiger partial charge on any atom is -0.394 e. The third kappa shape index (κ3) is 20.4. The standard InChI is InChI=1S/C66H111N3O47/c1-14-30(78)39(87)45(93)60(99-14)112-52-29(69-20(7)77)59(108-25(12-74)50(52)110-64-54(43(91)34(82)21(8-70)104-64)114-61-46(94)40(88)31(79)15(2)100-61)113-53-36(84)23(10-72)106-66(56(53)116-63-48(96)42(90)33(81)17(4)102-63)109-49-24(11-73)107-58(27(38(49)86)67-18(5)75)98-13-26-37(85)51(28(57(97)103-26)68-19(6)76)111-65-55(44(92)35(83)22(9-71)105-65)115-62-47(95)41(89)32(80)16(3)101-62/h14-17,21-66,70-74,78-97H,8-13H2,1-7H3,(H,67,75)(H,68,76)(H,69,77)/t14-,15-,16-,17-,21+,22+,23+,24+,25+,26+,27+,28+,29+,30+,31+,32+,33+,34-,35-,36-,37-,38+,39+,40+,41+,42+,43-,44-,45-,46-,47-,48-,49+,50+,51+,52+,53-,54+,55+,56+,57?,58+,59-,60-,61-,62-,63-,64-,65-,66-/m0/s1. The monoisotopic (exact) mass is 1700 g/mol. The van der Waals surface area contributed by atoms with E-state index in [9.17, 15) is 142 Å². The van der Waals surface area contributed by atoms with Crippen LogP contribution in [0.25, 0.3) is 0 Å². The Morgan fingerprint density at radius 3 is 0.948 bits per heavy atom. The van der Waals surface area contributed by atoms with E-state index in [2.05, 4.69) is 16.0 Å². The van der Waals surface area contributed by atoms with E-state index in [1.807, 2.05) is 0 Å². The van der Waals surface area contributed by atoms with Crippen molar-refractivity contribution in [3.63, 3.8) is 0 Å². The number of ether oxygens (including phenoxy) is 19. The molecule has 1 unspecified atom stereocenters. The fraction of sp³-hybridized carbons (Fsp3) is 0.955. The van der Waals surface area contributed by atoms with E-state index < -0.39 is 364 Å². The van der Waals surface area contributed by atoms with Crippen molar-refractivity contribution in [3.05, 3.63) is 0 Å². The van der Waals surface area contributed by atoms with Gasteiger partial charge in [-0.15, -0.1) is 0 Å².